The van der Waals surface area contributed by atoms with Crippen LogP contribution in [0.4, 0.5) is 0 Å². The standard InChI is InChI=1S/C27H25NO4/c29-19-26(30)32-25-16-8-13-22-23(25)14-7-15-24(22)27(31)28(17-20-9-3-1-4-10-20)18-21-11-5-2-6-12-21/h1-6,8-13,16,19,24H,7,14-15,17-18H2. The van der Waals surface area contributed by atoms with Gasteiger partial charge >= 0.3 is 5.97 Å². The van der Waals surface area contributed by atoms with Crippen LogP contribution in [0.5, 0.6) is 5.75 Å². The molecule has 4 rings (SSSR count). The number of benzene rings is 3. The van der Waals surface area contributed by atoms with Gasteiger partial charge in [-0.15, -0.1) is 0 Å². The Bertz CT molecular complexity index is 1050. The Morgan fingerprint density at radius 3 is 2.09 bits per heavy atom. The summed E-state index contributed by atoms with van der Waals surface area (Å²) in [7, 11) is 0. The molecule has 0 saturated heterocycles. The largest absolute Gasteiger partial charge is 0.421 e. The Balaban J connectivity index is 1.64. The molecule has 0 fully saturated rings. The van der Waals surface area contributed by atoms with E-state index in [1.807, 2.05) is 71.6 Å². The summed E-state index contributed by atoms with van der Waals surface area (Å²) < 4.78 is 5.21. The minimum atomic E-state index is -0.929. The molecule has 3 aromatic carbocycles. The predicted octanol–water partition coefficient (Wildman–Crippen LogP) is 4.44. The van der Waals surface area contributed by atoms with Crippen LogP contribution in [-0.2, 0) is 33.9 Å². The summed E-state index contributed by atoms with van der Waals surface area (Å²) in [5, 5.41) is 0. The minimum Gasteiger partial charge on any atom is -0.421 e. The third kappa shape index (κ3) is 4.94. The van der Waals surface area contributed by atoms with Crippen LogP contribution in [0.2, 0.25) is 0 Å². The number of nitrogens with zero attached hydrogens (tertiary/aromatic N) is 1. The number of esters is 1. The molecule has 32 heavy (non-hydrogen) atoms. The lowest BCUT2D eigenvalue weighted by atomic mass is 9.81. The van der Waals surface area contributed by atoms with Gasteiger partial charge in [0.15, 0.2) is 0 Å². The van der Waals surface area contributed by atoms with Gasteiger partial charge in [0.05, 0.1) is 5.92 Å². The van der Waals surface area contributed by atoms with Crippen molar-refractivity contribution < 1.29 is 19.1 Å². The molecular formula is C27H25NO4. The predicted molar refractivity (Wildman–Crippen MR) is 121 cm³/mol. The molecule has 5 nitrogen and oxygen atoms in total. The van der Waals surface area contributed by atoms with Gasteiger partial charge in [-0.25, -0.2) is 4.79 Å². The molecule has 1 aliphatic carbocycles. The van der Waals surface area contributed by atoms with E-state index in [0.717, 1.165) is 35.1 Å². The number of carbonyl (C=O) groups excluding carboxylic acids is 3. The highest BCUT2D eigenvalue weighted by Crippen LogP contribution is 2.38. The van der Waals surface area contributed by atoms with E-state index in [4.69, 9.17) is 4.74 Å². The van der Waals surface area contributed by atoms with Crippen molar-refractivity contribution in [2.75, 3.05) is 0 Å². The molecule has 0 aliphatic heterocycles. The van der Waals surface area contributed by atoms with Crippen LogP contribution in [0.1, 0.15) is 41.0 Å². The van der Waals surface area contributed by atoms with Crippen LogP contribution < -0.4 is 4.74 Å². The molecule has 1 unspecified atom stereocenters. The fourth-order valence-corrected chi connectivity index (χ4v) is 4.34. The van der Waals surface area contributed by atoms with Gasteiger partial charge in [-0.1, -0.05) is 72.8 Å². The Kier molecular flexibility index (Phi) is 6.75. The molecular weight excluding hydrogens is 402 g/mol. The normalized spacial score (nSPS) is 14.8. The number of aldehydes is 1. The highest BCUT2D eigenvalue weighted by atomic mass is 16.5. The van der Waals surface area contributed by atoms with Crippen LogP contribution in [-0.4, -0.2) is 23.1 Å². The van der Waals surface area contributed by atoms with Crippen molar-refractivity contribution in [3.05, 3.63) is 101 Å². The molecule has 0 heterocycles. The summed E-state index contributed by atoms with van der Waals surface area (Å²) >= 11 is 0. The first kappa shape index (κ1) is 21.5. The number of hydrogen-bond donors (Lipinski definition) is 0. The van der Waals surface area contributed by atoms with E-state index in [9.17, 15) is 14.4 Å². The van der Waals surface area contributed by atoms with Gasteiger partial charge < -0.3 is 9.64 Å². The maximum Gasteiger partial charge on any atom is 0.376 e. The van der Waals surface area contributed by atoms with Crippen molar-refractivity contribution in [1.29, 1.82) is 0 Å². The molecule has 5 heteroatoms. The fraction of sp³-hybridized carbons (Fsp3) is 0.222. The molecule has 162 valence electrons. The number of ether oxygens (including phenoxy) is 1. The average molecular weight is 428 g/mol. The van der Waals surface area contributed by atoms with Crippen LogP contribution in [0, 0.1) is 0 Å². The summed E-state index contributed by atoms with van der Waals surface area (Å²) in [6, 6.07) is 25.3. The molecule has 3 aromatic rings. The topological polar surface area (TPSA) is 63.7 Å². The van der Waals surface area contributed by atoms with Crippen molar-refractivity contribution in [1.82, 2.24) is 4.90 Å². The van der Waals surface area contributed by atoms with Crippen LogP contribution in [0.15, 0.2) is 78.9 Å². The quantitative estimate of drug-likeness (QED) is 0.242. The second-order valence-corrected chi connectivity index (χ2v) is 7.97. The lowest BCUT2D eigenvalue weighted by Crippen LogP contribution is -2.35. The van der Waals surface area contributed by atoms with E-state index in [-0.39, 0.29) is 18.1 Å². The Morgan fingerprint density at radius 1 is 0.875 bits per heavy atom. The van der Waals surface area contributed by atoms with E-state index >= 15 is 0 Å². The lowest BCUT2D eigenvalue weighted by molar-refractivity contribution is -0.141. The summed E-state index contributed by atoms with van der Waals surface area (Å²) in [6.45, 7) is 1.03. The van der Waals surface area contributed by atoms with E-state index in [1.165, 1.54) is 0 Å². The zero-order chi connectivity index (χ0) is 22.3. The van der Waals surface area contributed by atoms with Gasteiger partial charge in [-0.3, -0.25) is 9.59 Å². The molecule has 0 bridgehead atoms. The number of fused-ring (bicyclic) bond motifs is 1. The summed E-state index contributed by atoms with van der Waals surface area (Å²) in [6.07, 6.45) is 2.41. The lowest BCUT2D eigenvalue weighted by Gasteiger charge is -2.31. The summed E-state index contributed by atoms with van der Waals surface area (Å²) in [4.78, 5) is 38.0. The van der Waals surface area contributed by atoms with Gasteiger partial charge in [0.25, 0.3) is 0 Å². The van der Waals surface area contributed by atoms with Crippen molar-refractivity contribution in [2.24, 2.45) is 0 Å². The second-order valence-electron chi connectivity index (χ2n) is 7.97. The maximum absolute atomic E-state index is 13.8. The first-order valence-electron chi connectivity index (χ1n) is 10.8. The van der Waals surface area contributed by atoms with E-state index < -0.39 is 5.97 Å². The van der Waals surface area contributed by atoms with Crippen molar-refractivity contribution in [3.8, 4) is 5.75 Å². The Labute approximate surface area is 187 Å². The molecule has 0 saturated carbocycles. The van der Waals surface area contributed by atoms with Gasteiger partial charge in [0, 0.05) is 13.1 Å². The van der Waals surface area contributed by atoms with Gasteiger partial charge in [-0.05, 0) is 47.6 Å². The Hall–Kier alpha value is -3.73. The first-order valence-corrected chi connectivity index (χ1v) is 10.8. The average Bonchev–Trinajstić information content (AvgIpc) is 2.84. The zero-order valence-electron chi connectivity index (χ0n) is 17.8. The molecule has 0 spiro atoms. The summed E-state index contributed by atoms with van der Waals surface area (Å²) in [5.41, 5.74) is 3.86. The highest BCUT2D eigenvalue weighted by Gasteiger charge is 2.32. The van der Waals surface area contributed by atoms with E-state index in [2.05, 4.69) is 0 Å². The highest BCUT2D eigenvalue weighted by molar-refractivity contribution is 6.21. The number of hydrogen-bond acceptors (Lipinski definition) is 4. The fourth-order valence-electron chi connectivity index (χ4n) is 4.34. The van der Waals surface area contributed by atoms with Gasteiger partial charge in [0.2, 0.25) is 12.2 Å². The van der Waals surface area contributed by atoms with Crippen LogP contribution in [0.25, 0.3) is 0 Å². The third-order valence-corrected chi connectivity index (χ3v) is 5.81. The third-order valence-electron chi connectivity index (χ3n) is 5.81. The molecule has 1 aliphatic rings. The van der Waals surface area contributed by atoms with Crippen LogP contribution >= 0.6 is 0 Å². The van der Waals surface area contributed by atoms with Gasteiger partial charge in [-0.2, -0.15) is 0 Å². The second kappa shape index (κ2) is 10.1. The van der Waals surface area contributed by atoms with Gasteiger partial charge in [0.1, 0.15) is 5.75 Å². The minimum absolute atomic E-state index is 0.0533. The van der Waals surface area contributed by atoms with Crippen LogP contribution in [0.3, 0.4) is 0 Å². The monoisotopic (exact) mass is 427 g/mol. The van der Waals surface area contributed by atoms with Crippen molar-refractivity contribution in [2.45, 2.75) is 38.3 Å². The smallest absolute Gasteiger partial charge is 0.376 e. The van der Waals surface area contributed by atoms with E-state index in [0.29, 0.717) is 25.3 Å². The van der Waals surface area contributed by atoms with E-state index in [1.54, 1.807) is 12.1 Å². The molecule has 1 amide bonds. The molecule has 1 atom stereocenters. The number of rotatable bonds is 7. The SMILES string of the molecule is O=CC(=O)Oc1cccc2c1CCCC2C(=O)N(Cc1ccccc1)Cc1ccccc1. The van der Waals surface area contributed by atoms with Crippen molar-refractivity contribution >= 4 is 18.2 Å². The number of carbonyl (C=O) groups is 3. The van der Waals surface area contributed by atoms with Crippen molar-refractivity contribution in [3.63, 3.8) is 0 Å². The zero-order valence-corrected chi connectivity index (χ0v) is 17.8. The first-order chi connectivity index (χ1) is 15.7. The maximum atomic E-state index is 13.8. The molecule has 0 radical (unpaired) electrons. The molecule has 0 aromatic heterocycles. The Morgan fingerprint density at radius 2 is 1.50 bits per heavy atom. The summed E-state index contributed by atoms with van der Waals surface area (Å²) in [5.74, 6) is -0.824. The number of amides is 1. The molecule has 0 N–H and O–H groups in total.